The van der Waals surface area contributed by atoms with Crippen molar-refractivity contribution in [3.63, 3.8) is 0 Å². The molecule has 0 fully saturated rings. The van der Waals surface area contributed by atoms with Gasteiger partial charge in [0.25, 0.3) is 0 Å². The smallest absolute Gasteiger partial charge is 0.364 e. The Balaban J connectivity index is 2.19. The van der Waals surface area contributed by atoms with Crippen molar-refractivity contribution in [1.82, 2.24) is 4.98 Å². The zero-order valence-corrected chi connectivity index (χ0v) is 12.0. The molecule has 22 heavy (non-hydrogen) atoms. The minimum absolute atomic E-state index is 0.234. The molecular weight excluding hydrogens is 319 g/mol. The molecule has 0 bridgehead atoms. The van der Waals surface area contributed by atoms with Crippen LogP contribution in [0.5, 0.6) is 0 Å². The average molecular weight is 330 g/mol. The maximum absolute atomic E-state index is 13.1. The summed E-state index contributed by atoms with van der Waals surface area (Å²) in [7, 11) is 0. The van der Waals surface area contributed by atoms with Crippen molar-refractivity contribution in [2.24, 2.45) is 0 Å². The Morgan fingerprint density at radius 2 is 1.91 bits per heavy atom. The van der Waals surface area contributed by atoms with Crippen molar-refractivity contribution in [3.05, 3.63) is 57.0 Å². The van der Waals surface area contributed by atoms with Crippen LogP contribution in [0.25, 0.3) is 11.1 Å². The molecule has 2 heterocycles. The second kappa shape index (κ2) is 5.44. The van der Waals surface area contributed by atoms with Crippen LogP contribution in [0.3, 0.4) is 0 Å². The zero-order valence-electron chi connectivity index (χ0n) is 11.2. The highest BCUT2D eigenvalue weighted by atomic mass is 35.5. The molecule has 0 spiro atoms. The molecule has 0 amide bonds. The lowest BCUT2D eigenvalue weighted by Crippen LogP contribution is -2.34. The maximum Gasteiger partial charge on any atom is 0.414 e. The van der Waals surface area contributed by atoms with E-state index in [9.17, 15) is 18.0 Å². The number of ether oxygens (including phenoxy) is 1. The zero-order chi connectivity index (χ0) is 15.9. The minimum atomic E-state index is -4.46. The number of aromatic amines is 1. The summed E-state index contributed by atoms with van der Waals surface area (Å²) in [5.74, 6) is 0. The number of benzene rings is 1. The third-order valence-corrected chi connectivity index (χ3v) is 3.82. The lowest BCUT2D eigenvalue weighted by atomic mass is 9.92. The van der Waals surface area contributed by atoms with E-state index < -0.39 is 12.3 Å². The lowest BCUT2D eigenvalue weighted by Gasteiger charge is -2.26. The first kappa shape index (κ1) is 15.1. The van der Waals surface area contributed by atoms with Gasteiger partial charge in [0.1, 0.15) is 0 Å². The molecule has 3 rings (SSSR count). The second-order valence-corrected chi connectivity index (χ2v) is 5.52. The Labute approximate surface area is 128 Å². The van der Waals surface area contributed by atoms with Crippen LogP contribution in [-0.4, -0.2) is 17.3 Å². The molecule has 1 unspecified atom stereocenters. The summed E-state index contributed by atoms with van der Waals surface area (Å²) in [6.45, 7) is -0.234. The quantitative estimate of drug-likeness (QED) is 0.801. The number of H-pyrrole nitrogens is 1. The van der Waals surface area contributed by atoms with Gasteiger partial charge in [-0.25, -0.2) is 0 Å². The van der Waals surface area contributed by atoms with Crippen LogP contribution in [0.1, 0.15) is 11.1 Å². The minimum Gasteiger partial charge on any atom is -0.364 e. The SMILES string of the molecule is O=c1cc2c(c[nH]1)COC(C(F)(F)F)Cc1ccc(Cl)cc1-2. The third kappa shape index (κ3) is 2.89. The maximum atomic E-state index is 13.1. The number of alkyl halides is 3. The third-order valence-electron chi connectivity index (χ3n) is 3.58. The standard InChI is InChI=1S/C15H11ClF3NO2/c16-10-2-1-8-3-13(15(17,18)19)22-7-9-6-20-14(21)5-12(9)11(8)4-10/h1-2,4-6,13H,3,7H2,(H,20,21). The Bertz CT molecular complexity index is 770. The molecule has 1 aliphatic rings. The van der Waals surface area contributed by atoms with Gasteiger partial charge in [-0.15, -0.1) is 0 Å². The van der Waals surface area contributed by atoms with Crippen molar-refractivity contribution >= 4 is 11.6 Å². The van der Waals surface area contributed by atoms with Gasteiger partial charge in [-0.2, -0.15) is 13.2 Å². The van der Waals surface area contributed by atoms with Gasteiger partial charge < -0.3 is 9.72 Å². The molecule has 1 aromatic heterocycles. The summed E-state index contributed by atoms with van der Waals surface area (Å²) in [4.78, 5) is 14.0. The van der Waals surface area contributed by atoms with Crippen LogP contribution in [0.4, 0.5) is 13.2 Å². The largest absolute Gasteiger partial charge is 0.414 e. The van der Waals surface area contributed by atoms with Crippen LogP contribution in [0, 0.1) is 0 Å². The van der Waals surface area contributed by atoms with Gasteiger partial charge in [0, 0.05) is 29.3 Å². The molecule has 116 valence electrons. The van der Waals surface area contributed by atoms with Crippen LogP contribution in [0.15, 0.2) is 35.3 Å². The van der Waals surface area contributed by atoms with E-state index in [1.807, 2.05) is 0 Å². The van der Waals surface area contributed by atoms with E-state index in [4.69, 9.17) is 16.3 Å². The van der Waals surface area contributed by atoms with E-state index in [-0.39, 0.29) is 18.6 Å². The van der Waals surface area contributed by atoms with Crippen molar-refractivity contribution < 1.29 is 17.9 Å². The van der Waals surface area contributed by atoms with Crippen LogP contribution < -0.4 is 5.56 Å². The summed E-state index contributed by atoms with van der Waals surface area (Å²) < 4.78 is 44.2. The van der Waals surface area contributed by atoms with E-state index >= 15 is 0 Å². The summed E-state index contributed by atoms with van der Waals surface area (Å²) >= 11 is 5.96. The van der Waals surface area contributed by atoms with Crippen LogP contribution >= 0.6 is 11.6 Å². The first-order chi connectivity index (χ1) is 10.3. The van der Waals surface area contributed by atoms with Crippen LogP contribution in [0.2, 0.25) is 5.02 Å². The van der Waals surface area contributed by atoms with Crippen molar-refractivity contribution in [3.8, 4) is 11.1 Å². The predicted molar refractivity (Wildman–Crippen MR) is 75.8 cm³/mol. The van der Waals surface area contributed by atoms with Gasteiger partial charge in [-0.05, 0) is 28.8 Å². The Morgan fingerprint density at radius 1 is 1.18 bits per heavy atom. The monoisotopic (exact) mass is 329 g/mol. The molecule has 0 aliphatic carbocycles. The Hall–Kier alpha value is -1.79. The van der Waals surface area contributed by atoms with Crippen LogP contribution in [-0.2, 0) is 17.8 Å². The molecule has 1 N–H and O–H groups in total. The fourth-order valence-corrected chi connectivity index (χ4v) is 2.68. The molecule has 7 heteroatoms. The molecule has 1 aromatic carbocycles. The van der Waals surface area contributed by atoms with Crippen molar-refractivity contribution in [2.45, 2.75) is 25.3 Å². The molecule has 0 saturated heterocycles. The molecule has 0 saturated carbocycles. The highest BCUT2D eigenvalue weighted by molar-refractivity contribution is 6.30. The number of pyridine rings is 1. The Morgan fingerprint density at radius 3 is 2.64 bits per heavy atom. The molecular formula is C15H11ClF3NO2. The van der Waals surface area contributed by atoms with E-state index in [1.165, 1.54) is 24.4 Å². The fraction of sp³-hybridized carbons (Fsp3) is 0.267. The summed E-state index contributed by atoms with van der Waals surface area (Å²) in [6.07, 6.45) is -5.30. The van der Waals surface area contributed by atoms with E-state index in [0.29, 0.717) is 27.3 Å². The highest BCUT2D eigenvalue weighted by Gasteiger charge is 2.41. The second-order valence-electron chi connectivity index (χ2n) is 5.08. The highest BCUT2D eigenvalue weighted by Crippen LogP contribution is 2.36. The molecule has 0 radical (unpaired) electrons. The predicted octanol–water partition coefficient (Wildman–Crippen LogP) is 3.70. The normalized spacial score (nSPS) is 18.1. The number of nitrogens with one attached hydrogen (secondary N) is 1. The van der Waals surface area contributed by atoms with Gasteiger partial charge in [0.15, 0.2) is 6.10 Å². The van der Waals surface area contributed by atoms with E-state index in [2.05, 4.69) is 4.98 Å². The van der Waals surface area contributed by atoms with E-state index in [1.54, 1.807) is 6.07 Å². The van der Waals surface area contributed by atoms with E-state index in [0.717, 1.165) is 0 Å². The molecule has 1 aliphatic heterocycles. The van der Waals surface area contributed by atoms with Gasteiger partial charge in [-0.3, -0.25) is 4.79 Å². The lowest BCUT2D eigenvalue weighted by molar-refractivity contribution is -0.223. The van der Waals surface area contributed by atoms with Crippen molar-refractivity contribution in [2.75, 3.05) is 0 Å². The van der Waals surface area contributed by atoms with Gasteiger partial charge in [-0.1, -0.05) is 17.7 Å². The van der Waals surface area contributed by atoms with Gasteiger partial charge in [0.2, 0.25) is 5.56 Å². The number of halogens is 4. The molecule has 3 nitrogen and oxygen atoms in total. The van der Waals surface area contributed by atoms with Gasteiger partial charge >= 0.3 is 6.18 Å². The topological polar surface area (TPSA) is 42.1 Å². The molecule has 1 atom stereocenters. The first-order valence-corrected chi connectivity index (χ1v) is 6.91. The molecule has 2 aromatic rings. The number of hydrogen-bond acceptors (Lipinski definition) is 2. The fourth-order valence-electron chi connectivity index (χ4n) is 2.51. The first-order valence-electron chi connectivity index (χ1n) is 6.53. The number of rotatable bonds is 0. The summed E-state index contributed by atoms with van der Waals surface area (Å²) in [5, 5.41) is 0.398. The summed E-state index contributed by atoms with van der Waals surface area (Å²) in [5.41, 5.74) is 1.67. The number of aromatic nitrogens is 1. The Kier molecular flexibility index (Phi) is 3.74. The van der Waals surface area contributed by atoms with Gasteiger partial charge in [0.05, 0.1) is 6.61 Å². The van der Waals surface area contributed by atoms with Crippen molar-refractivity contribution in [1.29, 1.82) is 0 Å². The average Bonchev–Trinajstić information content (AvgIpc) is 2.42. The number of hydrogen-bond donors (Lipinski definition) is 1. The summed E-state index contributed by atoms with van der Waals surface area (Å²) in [6, 6.07) is 5.99. The number of fused-ring (bicyclic) bond motifs is 3.